The molecule has 0 unspecified atom stereocenters. The Kier molecular flexibility index (Phi) is 7.55. The Balaban J connectivity index is 1.81. The van der Waals surface area contributed by atoms with Crippen LogP contribution in [-0.2, 0) is 24.3 Å². The molecule has 0 saturated carbocycles. The summed E-state index contributed by atoms with van der Waals surface area (Å²) in [4.78, 5) is 21.5. The van der Waals surface area contributed by atoms with Crippen molar-refractivity contribution in [2.24, 2.45) is 0 Å². The number of hydrogen-bond acceptors (Lipinski definition) is 4. The minimum absolute atomic E-state index is 0.0125. The maximum absolute atomic E-state index is 12.5. The number of carbonyl (C=O) groups is 1. The summed E-state index contributed by atoms with van der Waals surface area (Å²) in [6.45, 7) is 8.60. The summed E-state index contributed by atoms with van der Waals surface area (Å²) >= 11 is 1.53. The maximum atomic E-state index is 12.5. The van der Waals surface area contributed by atoms with E-state index in [0.29, 0.717) is 0 Å². The molecule has 0 fully saturated rings. The number of aromatic nitrogens is 1. The van der Waals surface area contributed by atoms with Crippen LogP contribution in [0.3, 0.4) is 0 Å². The molecule has 0 spiro atoms. The van der Waals surface area contributed by atoms with Gasteiger partial charge < -0.3 is 0 Å². The molecule has 0 N–H and O–H groups in total. The normalized spacial score (nSPS) is 11.0. The topological polar surface area (TPSA) is 36.4 Å². The fraction of sp³-hybridized carbons (Fsp3) is 0.333. The highest BCUT2D eigenvalue weighted by Gasteiger charge is 2.20. The maximum Gasteiger partial charge on any atom is 0.230 e. The zero-order valence-electron chi connectivity index (χ0n) is 17.5. The van der Waals surface area contributed by atoms with Gasteiger partial charge in [-0.2, -0.15) is 0 Å². The number of aryl methyl sites for hydroxylation is 1. The van der Waals surface area contributed by atoms with Gasteiger partial charge >= 0.3 is 0 Å². The minimum atomic E-state index is -0.0125. The number of nitrogens with zero attached hydrogens (tertiary/aromatic N) is 3. The second kappa shape index (κ2) is 10.3. The highest BCUT2D eigenvalue weighted by molar-refractivity contribution is 7.14. The third kappa shape index (κ3) is 5.52. The fourth-order valence-electron chi connectivity index (χ4n) is 3.51. The van der Waals surface area contributed by atoms with Crippen LogP contribution in [0, 0.1) is 0 Å². The molecule has 0 bridgehead atoms. The van der Waals surface area contributed by atoms with E-state index in [2.05, 4.69) is 54.5 Å². The van der Waals surface area contributed by atoms with Crippen LogP contribution in [0.5, 0.6) is 0 Å². The molecule has 0 radical (unpaired) electrons. The summed E-state index contributed by atoms with van der Waals surface area (Å²) in [7, 11) is 0. The molecule has 1 aromatic heterocycles. The third-order valence-electron chi connectivity index (χ3n) is 4.83. The second-order valence-electron chi connectivity index (χ2n) is 7.15. The van der Waals surface area contributed by atoms with Crippen molar-refractivity contribution in [1.29, 1.82) is 0 Å². The highest BCUT2D eigenvalue weighted by atomic mass is 32.1. The van der Waals surface area contributed by atoms with Crippen molar-refractivity contribution in [3.8, 4) is 0 Å². The van der Waals surface area contributed by atoms with Gasteiger partial charge in [-0.3, -0.25) is 14.6 Å². The molecule has 152 valence electrons. The van der Waals surface area contributed by atoms with Crippen LogP contribution in [-0.4, -0.2) is 22.3 Å². The Morgan fingerprint density at radius 3 is 2.41 bits per heavy atom. The first-order valence-electron chi connectivity index (χ1n) is 10.2. The summed E-state index contributed by atoms with van der Waals surface area (Å²) in [5.41, 5.74) is 4.39. The third-order valence-corrected chi connectivity index (χ3v) is 5.71. The van der Waals surface area contributed by atoms with E-state index in [0.717, 1.165) is 54.6 Å². The van der Waals surface area contributed by atoms with Crippen LogP contribution < -0.4 is 4.90 Å². The molecule has 4 nitrogen and oxygen atoms in total. The molecule has 0 aliphatic heterocycles. The number of rotatable bonds is 9. The molecule has 2 aromatic carbocycles. The second-order valence-corrected chi connectivity index (χ2v) is 7.99. The van der Waals surface area contributed by atoms with Gasteiger partial charge in [-0.15, -0.1) is 11.3 Å². The smallest absolute Gasteiger partial charge is 0.230 e. The molecule has 0 atom stereocenters. The lowest BCUT2D eigenvalue weighted by atomic mass is 10.1. The van der Waals surface area contributed by atoms with Crippen molar-refractivity contribution in [2.75, 3.05) is 11.4 Å². The van der Waals surface area contributed by atoms with E-state index >= 15 is 0 Å². The molecular weight excluding hydrogens is 378 g/mol. The zero-order valence-corrected chi connectivity index (χ0v) is 18.3. The van der Waals surface area contributed by atoms with E-state index in [1.165, 1.54) is 16.9 Å². The molecule has 1 amide bonds. The number of hydrogen-bond donors (Lipinski definition) is 0. The van der Waals surface area contributed by atoms with Crippen LogP contribution in [0.4, 0.5) is 10.8 Å². The molecule has 1 heterocycles. The first-order valence-corrected chi connectivity index (χ1v) is 11.1. The lowest BCUT2D eigenvalue weighted by molar-refractivity contribution is -0.115. The Hall–Kier alpha value is -2.50. The molecule has 29 heavy (non-hydrogen) atoms. The molecule has 0 aliphatic rings. The van der Waals surface area contributed by atoms with E-state index in [9.17, 15) is 4.79 Å². The van der Waals surface area contributed by atoms with Gasteiger partial charge in [0.25, 0.3) is 0 Å². The van der Waals surface area contributed by atoms with Crippen LogP contribution in [0.2, 0.25) is 0 Å². The predicted molar refractivity (Wildman–Crippen MR) is 122 cm³/mol. The Morgan fingerprint density at radius 2 is 1.72 bits per heavy atom. The molecule has 3 aromatic rings. The largest absolute Gasteiger partial charge is 0.293 e. The Labute approximate surface area is 177 Å². The van der Waals surface area contributed by atoms with E-state index in [-0.39, 0.29) is 5.91 Å². The summed E-state index contributed by atoms with van der Waals surface area (Å²) in [5.74, 6) is -0.0125. The van der Waals surface area contributed by atoms with Gasteiger partial charge in [0.15, 0.2) is 5.13 Å². The van der Waals surface area contributed by atoms with Crippen LogP contribution in [0.1, 0.15) is 44.0 Å². The Morgan fingerprint density at radius 1 is 1.00 bits per heavy atom. The first kappa shape index (κ1) is 21.2. The summed E-state index contributed by atoms with van der Waals surface area (Å²) in [6, 6.07) is 18.6. The van der Waals surface area contributed by atoms with Gasteiger partial charge in [0.2, 0.25) is 5.91 Å². The molecule has 3 rings (SSSR count). The monoisotopic (exact) mass is 407 g/mol. The van der Waals surface area contributed by atoms with Crippen molar-refractivity contribution in [2.45, 2.75) is 46.7 Å². The first-order chi connectivity index (χ1) is 14.1. The van der Waals surface area contributed by atoms with E-state index < -0.39 is 0 Å². The molecule has 5 heteroatoms. The standard InChI is InChI=1S/C24H29N3OS/c1-4-15-26(16-20-11-7-6-8-12-20)17-22-18-29-24(25-22)27(19(3)28)23-14-10-9-13-21(23)5-2/h6-14,18H,4-5,15-17H2,1-3H3. The van der Waals surface area contributed by atoms with Crippen molar-refractivity contribution in [1.82, 2.24) is 9.88 Å². The van der Waals surface area contributed by atoms with Crippen LogP contribution in [0.25, 0.3) is 0 Å². The van der Waals surface area contributed by atoms with Crippen LogP contribution in [0.15, 0.2) is 60.0 Å². The van der Waals surface area contributed by atoms with Gasteiger partial charge in [0.05, 0.1) is 11.4 Å². The Bertz CT molecular complexity index is 923. The van der Waals surface area contributed by atoms with Gasteiger partial charge in [-0.25, -0.2) is 4.98 Å². The number of carbonyl (C=O) groups excluding carboxylic acids is 1. The predicted octanol–water partition coefficient (Wildman–Crippen LogP) is 5.80. The van der Waals surface area contributed by atoms with E-state index in [1.54, 1.807) is 11.8 Å². The minimum Gasteiger partial charge on any atom is -0.293 e. The van der Waals surface area contributed by atoms with Crippen LogP contribution >= 0.6 is 11.3 Å². The average molecular weight is 408 g/mol. The quantitative estimate of drug-likeness (QED) is 0.450. The van der Waals surface area contributed by atoms with Gasteiger partial charge in [0.1, 0.15) is 0 Å². The number of thiazole rings is 1. The number of benzene rings is 2. The lowest BCUT2D eigenvalue weighted by Gasteiger charge is -2.22. The van der Waals surface area contributed by atoms with Gasteiger partial charge in [0, 0.05) is 25.4 Å². The summed E-state index contributed by atoms with van der Waals surface area (Å²) in [6.07, 6.45) is 1.97. The van der Waals surface area contributed by atoms with Crippen molar-refractivity contribution >= 4 is 28.1 Å². The lowest BCUT2D eigenvalue weighted by Crippen LogP contribution is -2.25. The highest BCUT2D eigenvalue weighted by Crippen LogP contribution is 2.32. The number of anilines is 2. The zero-order chi connectivity index (χ0) is 20.6. The summed E-state index contributed by atoms with van der Waals surface area (Å²) < 4.78 is 0. The summed E-state index contributed by atoms with van der Waals surface area (Å²) in [5, 5.41) is 2.82. The van der Waals surface area contributed by atoms with Gasteiger partial charge in [-0.1, -0.05) is 62.4 Å². The molecular formula is C24H29N3OS. The van der Waals surface area contributed by atoms with Gasteiger partial charge in [-0.05, 0) is 36.6 Å². The average Bonchev–Trinajstić information content (AvgIpc) is 3.17. The molecule has 0 saturated heterocycles. The van der Waals surface area contributed by atoms with Crippen molar-refractivity contribution in [3.05, 3.63) is 76.8 Å². The van der Waals surface area contributed by atoms with E-state index in [4.69, 9.17) is 4.98 Å². The SMILES string of the molecule is CCCN(Cc1ccccc1)Cc1csc(N(C(C)=O)c2ccccc2CC)n1. The van der Waals surface area contributed by atoms with E-state index in [1.807, 2.05) is 24.3 Å². The fourth-order valence-corrected chi connectivity index (χ4v) is 4.38. The van der Waals surface area contributed by atoms with Crippen molar-refractivity contribution < 1.29 is 4.79 Å². The van der Waals surface area contributed by atoms with Crippen molar-refractivity contribution in [3.63, 3.8) is 0 Å². The number of amides is 1. The number of para-hydroxylation sites is 1. The molecule has 0 aliphatic carbocycles.